The van der Waals surface area contributed by atoms with E-state index in [0.29, 0.717) is 19.4 Å². The molecule has 5 nitrogen and oxygen atoms in total. The summed E-state index contributed by atoms with van der Waals surface area (Å²) in [6.45, 7) is 0.429. The van der Waals surface area contributed by atoms with Gasteiger partial charge in [-0.15, -0.1) is 0 Å². The van der Waals surface area contributed by atoms with E-state index in [2.05, 4.69) is 10.4 Å². The van der Waals surface area contributed by atoms with Gasteiger partial charge in [0, 0.05) is 19.2 Å². The van der Waals surface area contributed by atoms with Gasteiger partial charge in [0.25, 0.3) is 0 Å². The van der Waals surface area contributed by atoms with E-state index in [0.717, 1.165) is 16.8 Å². The number of likely N-dealkylation sites (N-methyl/N-ethyl adjacent to an activating group) is 1. The molecule has 28 heavy (non-hydrogen) atoms. The normalized spacial score (nSPS) is 12.1. The van der Waals surface area contributed by atoms with Crippen molar-refractivity contribution in [2.45, 2.75) is 18.9 Å². The fourth-order valence-corrected chi connectivity index (χ4v) is 3.08. The molecular weight excluding hydrogens is 355 g/mol. The summed E-state index contributed by atoms with van der Waals surface area (Å²) in [5, 5.41) is 7.31. The maximum Gasteiger partial charge on any atom is 0.220 e. The number of nitrogens with one attached hydrogen (secondary N) is 1. The minimum Gasteiger partial charge on any atom is -0.354 e. The van der Waals surface area contributed by atoms with E-state index in [1.54, 1.807) is 16.9 Å². The zero-order chi connectivity index (χ0) is 19.9. The van der Waals surface area contributed by atoms with Crippen LogP contribution in [0.15, 0.2) is 67.0 Å². The van der Waals surface area contributed by atoms with Gasteiger partial charge in [-0.3, -0.25) is 4.79 Å². The lowest BCUT2D eigenvalue weighted by Gasteiger charge is -2.25. The maximum atomic E-state index is 13.5. The first-order valence-electron chi connectivity index (χ1n) is 9.30. The number of para-hydroxylation sites is 1. The van der Waals surface area contributed by atoms with Crippen LogP contribution in [0.4, 0.5) is 4.39 Å². The predicted molar refractivity (Wildman–Crippen MR) is 108 cm³/mol. The summed E-state index contributed by atoms with van der Waals surface area (Å²) in [6, 6.07) is 16.3. The first-order chi connectivity index (χ1) is 13.5. The highest BCUT2D eigenvalue weighted by molar-refractivity contribution is 5.76. The Morgan fingerprint density at radius 1 is 1.18 bits per heavy atom. The van der Waals surface area contributed by atoms with Crippen molar-refractivity contribution in [2.75, 3.05) is 20.6 Å². The summed E-state index contributed by atoms with van der Waals surface area (Å²) in [4.78, 5) is 14.3. The molecule has 0 fully saturated rings. The van der Waals surface area contributed by atoms with Gasteiger partial charge in [0.05, 0.1) is 17.9 Å². The second-order valence-corrected chi connectivity index (χ2v) is 6.97. The van der Waals surface area contributed by atoms with Crippen molar-refractivity contribution in [3.05, 3.63) is 83.9 Å². The van der Waals surface area contributed by atoms with Crippen molar-refractivity contribution in [3.8, 4) is 5.69 Å². The van der Waals surface area contributed by atoms with Gasteiger partial charge < -0.3 is 10.2 Å². The highest BCUT2D eigenvalue weighted by Crippen LogP contribution is 2.18. The van der Waals surface area contributed by atoms with E-state index < -0.39 is 0 Å². The van der Waals surface area contributed by atoms with Gasteiger partial charge in [0.1, 0.15) is 5.82 Å². The summed E-state index contributed by atoms with van der Waals surface area (Å²) in [5.41, 5.74) is 2.84. The summed E-state index contributed by atoms with van der Waals surface area (Å²) >= 11 is 0. The molecule has 146 valence electrons. The van der Waals surface area contributed by atoms with Crippen LogP contribution in [0.3, 0.4) is 0 Å². The van der Waals surface area contributed by atoms with Crippen LogP contribution >= 0.6 is 0 Å². The predicted octanol–water partition coefficient (Wildman–Crippen LogP) is 3.36. The number of hydrogen-bond donors (Lipinski definition) is 1. The quantitative estimate of drug-likeness (QED) is 0.652. The molecule has 0 saturated carbocycles. The number of amides is 1. The minimum absolute atomic E-state index is 0.0317. The monoisotopic (exact) mass is 380 g/mol. The van der Waals surface area contributed by atoms with Gasteiger partial charge >= 0.3 is 0 Å². The van der Waals surface area contributed by atoms with Crippen LogP contribution < -0.4 is 5.32 Å². The van der Waals surface area contributed by atoms with Gasteiger partial charge in [-0.05, 0) is 55.9 Å². The molecule has 0 aliphatic rings. The summed E-state index contributed by atoms with van der Waals surface area (Å²) in [5.74, 6) is -0.304. The van der Waals surface area contributed by atoms with Crippen LogP contribution in [0.2, 0.25) is 0 Å². The van der Waals surface area contributed by atoms with E-state index in [-0.39, 0.29) is 17.8 Å². The molecule has 0 spiro atoms. The largest absolute Gasteiger partial charge is 0.354 e. The third-order valence-electron chi connectivity index (χ3n) is 4.65. The van der Waals surface area contributed by atoms with Crippen molar-refractivity contribution in [1.29, 1.82) is 0 Å². The topological polar surface area (TPSA) is 50.2 Å². The molecule has 3 aromatic rings. The number of aromatic nitrogens is 2. The van der Waals surface area contributed by atoms with Crippen molar-refractivity contribution in [1.82, 2.24) is 20.0 Å². The zero-order valence-corrected chi connectivity index (χ0v) is 16.2. The number of carbonyl (C=O) groups is 1. The van der Waals surface area contributed by atoms with Crippen LogP contribution in [0.5, 0.6) is 0 Å². The number of carbonyl (C=O) groups excluding carboxylic acids is 1. The molecule has 1 N–H and O–H groups in total. The summed E-state index contributed by atoms with van der Waals surface area (Å²) in [7, 11) is 3.83. The smallest absolute Gasteiger partial charge is 0.220 e. The fraction of sp³-hybridized carbons (Fsp3) is 0.273. The van der Waals surface area contributed by atoms with Gasteiger partial charge in [0.2, 0.25) is 5.91 Å². The van der Waals surface area contributed by atoms with Crippen LogP contribution in [0.1, 0.15) is 23.6 Å². The molecule has 3 rings (SSSR count). The van der Waals surface area contributed by atoms with E-state index in [9.17, 15) is 9.18 Å². The van der Waals surface area contributed by atoms with E-state index in [1.165, 1.54) is 12.1 Å². The average molecular weight is 380 g/mol. The SMILES string of the molecule is CN(C)C(CNC(=O)CCc1cnn(-c2ccccc2)c1)c1cccc(F)c1. The first kappa shape index (κ1) is 19.8. The van der Waals surface area contributed by atoms with E-state index in [4.69, 9.17) is 0 Å². The number of halogens is 1. The molecule has 1 amide bonds. The lowest BCUT2D eigenvalue weighted by atomic mass is 10.1. The molecule has 1 heterocycles. The first-order valence-corrected chi connectivity index (χ1v) is 9.30. The Bertz CT molecular complexity index is 908. The van der Waals surface area contributed by atoms with Crippen molar-refractivity contribution in [3.63, 3.8) is 0 Å². The second-order valence-electron chi connectivity index (χ2n) is 6.97. The Balaban J connectivity index is 1.52. The van der Waals surface area contributed by atoms with Gasteiger partial charge in [-0.25, -0.2) is 9.07 Å². The molecule has 1 aromatic heterocycles. The minimum atomic E-state index is -0.272. The van der Waals surface area contributed by atoms with Crippen molar-refractivity contribution < 1.29 is 9.18 Å². The molecular formula is C22H25FN4O. The van der Waals surface area contributed by atoms with Gasteiger partial charge in [-0.1, -0.05) is 30.3 Å². The number of aryl methyl sites for hydroxylation is 1. The molecule has 0 aliphatic heterocycles. The van der Waals surface area contributed by atoms with Crippen LogP contribution in [-0.2, 0) is 11.2 Å². The average Bonchev–Trinajstić information content (AvgIpc) is 3.16. The Morgan fingerprint density at radius 3 is 2.68 bits per heavy atom. The molecule has 0 saturated heterocycles. The Labute approximate surface area is 164 Å². The molecule has 0 radical (unpaired) electrons. The van der Waals surface area contributed by atoms with E-state index >= 15 is 0 Å². The van der Waals surface area contributed by atoms with Crippen LogP contribution in [0, 0.1) is 5.82 Å². The van der Waals surface area contributed by atoms with Gasteiger partial charge in [-0.2, -0.15) is 5.10 Å². The zero-order valence-electron chi connectivity index (χ0n) is 16.2. The Morgan fingerprint density at radius 2 is 1.96 bits per heavy atom. The van der Waals surface area contributed by atoms with Crippen LogP contribution in [-0.4, -0.2) is 41.2 Å². The number of hydrogen-bond acceptors (Lipinski definition) is 3. The Hall–Kier alpha value is -2.99. The molecule has 2 aromatic carbocycles. The fourth-order valence-electron chi connectivity index (χ4n) is 3.08. The third kappa shape index (κ3) is 5.27. The second kappa shape index (κ2) is 9.28. The van der Waals surface area contributed by atoms with Crippen molar-refractivity contribution >= 4 is 5.91 Å². The summed E-state index contributed by atoms with van der Waals surface area (Å²) < 4.78 is 15.3. The molecule has 6 heteroatoms. The standard InChI is InChI=1S/C22H25FN4O/c1-26(2)21(18-7-6-8-19(23)13-18)15-24-22(28)12-11-17-14-25-27(16-17)20-9-4-3-5-10-20/h3-10,13-14,16,21H,11-12,15H2,1-2H3,(H,24,28). The molecule has 0 bridgehead atoms. The number of rotatable bonds is 8. The maximum absolute atomic E-state index is 13.5. The number of benzene rings is 2. The van der Waals surface area contributed by atoms with Crippen molar-refractivity contribution in [2.24, 2.45) is 0 Å². The highest BCUT2D eigenvalue weighted by atomic mass is 19.1. The molecule has 1 atom stereocenters. The van der Waals surface area contributed by atoms with Crippen LogP contribution in [0.25, 0.3) is 5.69 Å². The lowest BCUT2D eigenvalue weighted by Crippen LogP contribution is -2.34. The lowest BCUT2D eigenvalue weighted by molar-refractivity contribution is -0.121. The summed E-state index contributed by atoms with van der Waals surface area (Å²) in [6.07, 6.45) is 4.72. The van der Waals surface area contributed by atoms with Gasteiger partial charge in [0.15, 0.2) is 0 Å². The molecule has 0 aliphatic carbocycles. The third-order valence-corrected chi connectivity index (χ3v) is 4.65. The Kier molecular flexibility index (Phi) is 6.55. The molecule has 1 unspecified atom stereocenters. The van der Waals surface area contributed by atoms with E-state index in [1.807, 2.05) is 61.6 Å². The highest BCUT2D eigenvalue weighted by Gasteiger charge is 2.16. The number of nitrogens with zero attached hydrogens (tertiary/aromatic N) is 3.